The zero-order valence-corrected chi connectivity index (χ0v) is 27.5. The van der Waals surface area contributed by atoms with E-state index in [2.05, 4.69) is 28.6 Å². The monoisotopic (exact) mass is 644 g/mol. The van der Waals surface area contributed by atoms with Gasteiger partial charge in [0.05, 0.1) is 30.4 Å². The molecule has 3 heterocycles. The number of carbonyl (C=O) groups is 1. The van der Waals surface area contributed by atoms with E-state index in [1.165, 1.54) is 12.1 Å². The molecule has 2 N–H and O–H groups in total. The molecule has 1 aliphatic heterocycles. The van der Waals surface area contributed by atoms with Gasteiger partial charge in [0.25, 0.3) is 15.9 Å². The van der Waals surface area contributed by atoms with Crippen molar-refractivity contribution in [3.8, 4) is 5.75 Å². The van der Waals surface area contributed by atoms with E-state index < -0.39 is 16.1 Å². The van der Waals surface area contributed by atoms with Crippen molar-refractivity contribution in [1.82, 2.24) is 14.8 Å². The number of nitrogens with zero attached hydrogens (tertiary/aromatic N) is 3. The molecule has 0 spiro atoms. The highest BCUT2D eigenvalue weighted by Gasteiger charge is 2.30. The number of aliphatic hydroxyl groups is 1. The van der Waals surface area contributed by atoms with Crippen LogP contribution in [0.25, 0.3) is 0 Å². The van der Waals surface area contributed by atoms with Crippen molar-refractivity contribution < 1.29 is 27.8 Å². The summed E-state index contributed by atoms with van der Waals surface area (Å²) in [6.45, 7) is 7.90. The maximum absolute atomic E-state index is 14.3. The lowest BCUT2D eigenvalue weighted by Crippen LogP contribution is -2.47. The Balaban J connectivity index is 1.63. The third-order valence-electron chi connectivity index (χ3n) is 7.76. The number of rotatable bonds is 9. The second-order valence-corrected chi connectivity index (χ2v) is 14.5. The summed E-state index contributed by atoms with van der Waals surface area (Å²) in [5, 5.41) is 11.9. The Kier molecular flexibility index (Phi) is 12.2. The number of fused-ring (bicyclic) bond motifs is 1. The number of sulfonamides is 1. The van der Waals surface area contributed by atoms with Crippen molar-refractivity contribution in [1.29, 1.82) is 0 Å². The SMILES string of the molecule is C[C@@H]1CCCCO[C@@H](CN(C)Cc2ccncc2)[C@H](C)CN([C@@H](C)CO)C(=O)c2cc(NS(=O)(=O)c3cccs3)ccc2O1. The third kappa shape index (κ3) is 9.24. The van der Waals surface area contributed by atoms with Crippen LogP contribution in [-0.4, -0.2) is 85.8 Å². The van der Waals surface area contributed by atoms with Crippen LogP contribution in [0.15, 0.2) is 64.4 Å². The lowest BCUT2D eigenvalue weighted by atomic mass is 10.0. The Bertz CT molecular complexity index is 1440. The maximum atomic E-state index is 14.3. The normalized spacial score (nSPS) is 21.3. The van der Waals surface area contributed by atoms with E-state index in [4.69, 9.17) is 9.47 Å². The lowest BCUT2D eigenvalue weighted by Gasteiger charge is -2.36. The molecule has 240 valence electrons. The molecule has 0 fully saturated rings. The number of nitrogens with one attached hydrogen (secondary N) is 1. The molecule has 12 heteroatoms. The number of anilines is 1. The van der Waals surface area contributed by atoms with Crippen molar-refractivity contribution >= 4 is 33.0 Å². The first kappa shape index (κ1) is 33.9. The molecule has 0 saturated carbocycles. The number of hydrogen-bond donors (Lipinski definition) is 2. The standard InChI is InChI=1S/C32H44N4O6S2/c1-23-19-36(24(2)22-37)32(38)28-18-27(34-44(39,40)31-9-7-17-43-31)10-11-29(28)42-25(3)8-5-6-16-41-30(23)21-35(4)20-26-12-14-33-15-13-26/h7,9-15,17-18,23-25,30,34,37H,5-6,8,16,19-22H2,1-4H3/t23-,24+,25-,30+/m1/s1. The topological polar surface area (TPSA) is 121 Å². The van der Waals surface area contributed by atoms with Crippen molar-refractivity contribution in [2.45, 2.75) is 69.0 Å². The van der Waals surface area contributed by atoms with Crippen LogP contribution in [0, 0.1) is 5.92 Å². The number of thiophene rings is 1. The molecule has 0 radical (unpaired) electrons. The summed E-state index contributed by atoms with van der Waals surface area (Å²) >= 11 is 1.11. The zero-order chi connectivity index (χ0) is 31.7. The van der Waals surface area contributed by atoms with Gasteiger partial charge in [-0.3, -0.25) is 19.4 Å². The lowest BCUT2D eigenvalue weighted by molar-refractivity contribution is -0.0177. The minimum absolute atomic E-state index is 0.0698. The van der Waals surface area contributed by atoms with Gasteiger partial charge in [-0.2, -0.15) is 0 Å². The summed E-state index contributed by atoms with van der Waals surface area (Å²) < 4.78 is 41.4. The van der Waals surface area contributed by atoms with Gasteiger partial charge >= 0.3 is 0 Å². The molecular weight excluding hydrogens is 601 g/mol. The maximum Gasteiger partial charge on any atom is 0.271 e. The van der Waals surface area contributed by atoms with Crippen LogP contribution in [-0.2, 0) is 21.3 Å². The van der Waals surface area contributed by atoms with E-state index in [9.17, 15) is 18.3 Å². The van der Waals surface area contributed by atoms with E-state index in [0.29, 0.717) is 25.4 Å². The van der Waals surface area contributed by atoms with Gasteiger partial charge in [-0.1, -0.05) is 13.0 Å². The molecule has 1 amide bonds. The Morgan fingerprint density at radius 3 is 2.66 bits per heavy atom. The smallest absolute Gasteiger partial charge is 0.271 e. The van der Waals surface area contributed by atoms with E-state index >= 15 is 0 Å². The fraction of sp³-hybridized carbons (Fsp3) is 0.500. The van der Waals surface area contributed by atoms with Gasteiger partial charge in [0, 0.05) is 50.2 Å². The van der Waals surface area contributed by atoms with Crippen LogP contribution in [0.3, 0.4) is 0 Å². The van der Waals surface area contributed by atoms with Crippen molar-refractivity contribution in [3.05, 3.63) is 71.4 Å². The Morgan fingerprint density at radius 2 is 1.95 bits per heavy atom. The molecule has 0 unspecified atom stereocenters. The molecule has 4 rings (SSSR count). The summed E-state index contributed by atoms with van der Waals surface area (Å²) in [5.41, 5.74) is 1.64. The number of carbonyl (C=O) groups excluding carboxylic acids is 1. The highest BCUT2D eigenvalue weighted by atomic mass is 32.2. The van der Waals surface area contributed by atoms with Crippen LogP contribution < -0.4 is 9.46 Å². The molecule has 1 aliphatic rings. The van der Waals surface area contributed by atoms with Crippen molar-refractivity contribution in [2.24, 2.45) is 5.92 Å². The number of aromatic nitrogens is 1. The van der Waals surface area contributed by atoms with Crippen LogP contribution >= 0.6 is 11.3 Å². The molecule has 0 bridgehead atoms. The number of ether oxygens (including phenoxy) is 2. The third-order valence-corrected chi connectivity index (χ3v) is 10.5. The van der Waals surface area contributed by atoms with Gasteiger partial charge in [-0.25, -0.2) is 8.42 Å². The Labute approximate surface area is 265 Å². The van der Waals surface area contributed by atoms with Gasteiger partial charge in [0.1, 0.15) is 9.96 Å². The van der Waals surface area contributed by atoms with E-state index in [-0.39, 0.29) is 46.1 Å². The van der Waals surface area contributed by atoms with Gasteiger partial charge in [-0.05, 0) is 87.5 Å². The Morgan fingerprint density at radius 1 is 1.18 bits per heavy atom. The highest BCUT2D eigenvalue weighted by Crippen LogP contribution is 2.30. The highest BCUT2D eigenvalue weighted by molar-refractivity contribution is 7.94. The summed E-state index contributed by atoms with van der Waals surface area (Å²) in [7, 11) is -1.77. The number of benzene rings is 1. The van der Waals surface area contributed by atoms with Gasteiger partial charge in [0.15, 0.2) is 0 Å². The van der Waals surface area contributed by atoms with E-state index in [1.807, 2.05) is 19.1 Å². The molecule has 0 aliphatic carbocycles. The van der Waals surface area contributed by atoms with Crippen LogP contribution in [0.1, 0.15) is 56.0 Å². The molecule has 10 nitrogen and oxygen atoms in total. The molecule has 3 aromatic rings. The van der Waals surface area contributed by atoms with Crippen LogP contribution in [0.2, 0.25) is 0 Å². The molecular formula is C32H44N4O6S2. The first-order chi connectivity index (χ1) is 21.1. The first-order valence-corrected chi connectivity index (χ1v) is 17.4. The fourth-order valence-corrected chi connectivity index (χ4v) is 7.28. The van der Waals surface area contributed by atoms with Crippen LogP contribution in [0.4, 0.5) is 5.69 Å². The summed E-state index contributed by atoms with van der Waals surface area (Å²) in [5.74, 6) is -0.0374. The molecule has 2 aromatic heterocycles. The molecule has 0 saturated heterocycles. The minimum atomic E-state index is -3.82. The van der Waals surface area contributed by atoms with Gasteiger partial charge in [0.2, 0.25) is 0 Å². The number of amides is 1. The van der Waals surface area contributed by atoms with E-state index in [0.717, 1.165) is 42.7 Å². The van der Waals surface area contributed by atoms with Crippen molar-refractivity contribution in [3.63, 3.8) is 0 Å². The predicted octanol–water partition coefficient (Wildman–Crippen LogP) is 4.87. The largest absolute Gasteiger partial charge is 0.490 e. The quantitative estimate of drug-likeness (QED) is 0.339. The van der Waals surface area contributed by atoms with Gasteiger partial charge < -0.3 is 19.5 Å². The summed E-state index contributed by atoms with van der Waals surface area (Å²) in [6, 6.07) is 11.5. The number of hydrogen-bond acceptors (Lipinski definition) is 9. The Hall–Kier alpha value is -3.03. The summed E-state index contributed by atoms with van der Waals surface area (Å²) in [6.07, 6.45) is 5.76. The second-order valence-electron chi connectivity index (χ2n) is 11.6. The summed E-state index contributed by atoms with van der Waals surface area (Å²) in [4.78, 5) is 22.2. The minimum Gasteiger partial charge on any atom is -0.490 e. The number of likely N-dealkylation sites (N-methyl/N-ethyl adjacent to an activating group) is 1. The predicted molar refractivity (Wildman–Crippen MR) is 173 cm³/mol. The first-order valence-electron chi connectivity index (χ1n) is 15.0. The van der Waals surface area contributed by atoms with Gasteiger partial charge in [-0.15, -0.1) is 11.3 Å². The molecule has 1 aromatic carbocycles. The van der Waals surface area contributed by atoms with E-state index in [1.54, 1.807) is 47.8 Å². The number of aliphatic hydroxyl groups excluding tert-OH is 1. The average molecular weight is 645 g/mol. The average Bonchev–Trinajstić information content (AvgIpc) is 3.55. The van der Waals surface area contributed by atoms with Crippen LogP contribution in [0.5, 0.6) is 5.75 Å². The van der Waals surface area contributed by atoms with Crippen molar-refractivity contribution in [2.75, 3.05) is 38.1 Å². The molecule has 44 heavy (non-hydrogen) atoms. The number of pyridine rings is 1. The fourth-order valence-electron chi connectivity index (χ4n) is 5.24. The second kappa shape index (κ2) is 15.8. The zero-order valence-electron chi connectivity index (χ0n) is 25.9. The molecule has 4 atom stereocenters.